The van der Waals surface area contributed by atoms with Crippen LogP contribution in [0.4, 0.5) is 28.4 Å². The van der Waals surface area contributed by atoms with Gasteiger partial charge in [0.1, 0.15) is 11.5 Å². The average molecular weight is 471 g/mol. The maximum Gasteiger partial charge on any atom is 0.131 e. The van der Waals surface area contributed by atoms with Crippen LogP contribution in [0.3, 0.4) is 0 Å². The normalized spacial score (nSPS) is 10.6. The Bertz CT molecular complexity index is 1390. The highest BCUT2D eigenvalue weighted by molar-refractivity contribution is 5.81. The van der Waals surface area contributed by atoms with E-state index in [0.717, 1.165) is 39.9 Å². The summed E-state index contributed by atoms with van der Waals surface area (Å²) >= 11 is 0. The van der Waals surface area contributed by atoms with Gasteiger partial charge in [-0.15, -0.1) is 0 Å². The minimum atomic E-state index is 0.764. The van der Waals surface area contributed by atoms with Gasteiger partial charge < -0.3 is 15.0 Å². The molecular formula is C33H30N2O. The predicted molar refractivity (Wildman–Crippen MR) is 152 cm³/mol. The summed E-state index contributed by atoms with van der Waals surface area (Å²) in [4.78, 5) is 2.25. The van der Waals surface area contributed by atoms with Crippen LogP contribution in [0.2, 0.25) is 0 Å². The summed E-state index contributed by atoms with van der Waals surface area (Å²) in [5.41, 5.74) is 8.93. The topological polar surface area (TPSA) is 24.5 Å². The van der Waals surface area contributed by atoms with E-state index in [9.17, 15) is 0 Å². The third-order valence-electron chi connectivity index (χ3n) is 6.10. The Kier molecular flexibility index (Phi) is 6.72. The highest BCUT2D eigenvalue weighted by atomic mass is 16.5. The third-order valence-corrected chi connectivity index (χ3v) is 6.10. The molecule has 0 unspecified atom stereocenters. The molecule has 0 bridgehead atoms. The van der Waals surface area contributed by atoms with Gasteiger partial charge in [-0.3, -0.25) is 0 Å². The van der Waals surface area contributed by atoms with Crippen LogP contribution in [0.1, 0.15) is 16.7 Å². The van der Waals surface area contributed by atoms with Gasteiger partial charge in [0.05, 0.1) is 5.69 Å². The Morgan fingerprint density at radius 3 is 1.61 bits per heavy atom. The minimum Gasteiger partial charge on any atom is -0.457 e. The third kappa shape index (κ3) is 5.26. The van der Waals surface area contributed by atoms with Crippen LogP contribution in [0.5, 0.6) is 11.5 Å². The molecule has 5 aromatic rings. The molecule has 0 fully saturated rings. The molecule has 3 heteroatoms. The molecule has 3 nitrogen and oxygen atoms in total. The standard InChI is InChI=1S/C33H30N2O/c1-24-19-25(2)33(26(3)20-24)34-27-21-30(23-32(22-27)36-31-17-11-6-12-18-31)35(28-13-7-4-8-14-28)29-15-9-5-10-16-29/h4-23,34H,1-3H3. The molecule has 5 rings (SSSR count). The Morgan fingerprint density at radius 1 is 0.528 bits per heavy atom. The Hall–Kier alpha value is -4.50. The van der Waals surface area contributed by atoms with Crippen molar-refractivity contribution in [3.05, 3.63) is 138 Å². The maximum atomic E-state index is 6.33. The number of hydrogen-bond donors (Lipinski definition) is 1. The number of aryl methyl sites for hydroxylation is 3. The van der Waals surface area contributed by atoms with Crippen LogP contribution in [0.15, 0.2) is 121 Å². The van der Waals surface area contributed by atoms with Gasteiger partial charge in [-0.05, 0) is 74.4 Å². The van der Waals surface area contributed by atoms with E-state index in [4.69, 9.17) is 4.74 Å². The Balaban J connectivity index is 1.64. The first-order valence-electron chi connectivity index (χ1n) is 12.2. The smallest absolute Gasteiger partial charge is 0.131 e. The fraction of sp³-hybridized carbons (Fsp3) is 0.0909. The molecule has 0 radical (unpaired) electrons. The van der Waals surface area contributed by atoms with E-state index in [2.05, 4.69) is 110 Å². The number of rotatable bonds is 7. The van der Waals surface area contributed by atoms with Crippen molar-refractivity contribution in [3.8, 4) is 11.5 Å². The van der Waals surface area contributed by atoms with Gasteiger partial charge >= 0.3 is 0 Å². The van der Waals surface area contributed by atoms with E-state index in [1.165, 1.54) is 16.7 Å². The fourth-order valence-electron chi connectivity index (χ4n) is 4.59. The predicted octanol–water partition coefficient (Wildman–Crippen LogP) is 9.62. The summed E-state index contributed by atoms with van der Waals surface area (Å²) in [5, 5.41) is 3.69. The zero-order chi connectivity index (χ0) is 24.9. The molecular weight excluding hydrogens is 440 g/mol. The van der Waals surface area contributed by atoms with Crippen LogP contribution < -0.4 is 15.0 Å². The molecule has 36 heavy (non-hydrogen) atoms. The van der Waals surface area contributed by atoms with Crippen molar-refractivity contribution in [2.45, 2.75) is 20.8 Å². The molecule has 0 saturated carbocycles. The first kappa shape index (κ1) is 23.3. The second-order valence-corrected chi connectivity index (χ2v) is 9.04. The molecule has 5 aromatic carbocycles. The highest BCUT2D eigenvalue weighted by Crippen LogP contribution is 2.40. The van der Waals surface area contributed by atoms with Crippen molar-refractivity contribution in [1.29, 1.82) is 0 Å². The lowest BCUT2D eigenvalue weighted by Gasteiger charge is -2.27. The van der Waals surface area contributed by atoms with E-state index in [1.54, 1.807) is 0 Å². The molecule has 1 N–H and O–H groups in total. The molecule has 0 spiro atoms. The highest BCUT2D eigenvalue weighted by Gasteiger charge is 2.15. The molecule has 0 aliphatic rings. The van der Waals surface area contributed by atoms with E-state index >= 15 is 0 Å². The van der Waals surface area contributed by atoms with Gasteiger partial charge in [0, 0.05) is 34.9 Å². The second-order valence-electron chi connectivity index (χ2n) is 9.04. The number of nitrogens with one attached hydrogen (secondary N) is 1. The molecule has 0 heterocycles. The Labute approximate surface area is 213 Å². The number of hydrogen-bond acceptors (Lipinski definition) is 3. The van der Waals surface area contributed by atoms with Crippen LogP contribution >= 0.6 is 0 Å². The first-order chi connectivity index (χ1) is 17.6. The quantitative estimate of drug-likeness (QED) is 0.256. The minimum absolute atomic E-state index is 0.764. The lowest BCUT2D eigenvalue weighted by molar-refractivity contribution is 0.483. The molecule has 0 aromatic heterocycles. The molecule has 0 aliphatic carbocycles. The van der Waals surface area contributed by atoms with E-state index < -0.39 is 0 Å². The molecule has 0 amide bonds. The molecule has 178 valence electrons. The summed E-state index contributed by atoms with van der Waals surface area (Å²) in [6, 6.07) is 41.5. The first-order valence-corrected chi connectivity index (χ1v) is 12.2. The summed E-state index contributed by atoms with van der Waals surface area (Å²) in [5.74, 6) is 1.56. The number of ether oxygens (including phenoxy) is 1. The zero-order valence-corrected chi connectivity index (χ0v) is 20.9. The van der Waals surface area contributed by atoms with Crippen molar-refractivity contribution >= 4 is 28.4 Å². The van der Waals surface area contributed by atoms with Crippen LogP contribution in [0.25, 0.3) is 0 Å². The van der Waals surface area contributed by atoms with Crippen LogP contribution in [-0.2, 0) is 0 Å². The zero-order valence-electron chi connectivity index (χ0n) is 20.9. The monoisotopic (exact) mass is 470 g/mol. The van der Waals surface area contributed by atoms with Crippen molar-refractivity contribution in [2.75, 3.05) is 10.2 Å². The number of benzene rings is 5. The van der Waals surface area contributed by atoms with Crippen molar-refractivity contribution < 1.29 is 4.74 Å². The van der Waals surface area contributed by atoms with Gasteiger partial charge in [-0.1, -0.05) is 72.3 Å². The summed E-state index contributed by atoms with van der Waals surface area (Å²) in [6.07, 6.45) is 0. The number of anilines is 5. The largest absolute Gasteiger partial charge is 0.457 e. The fourth-order valence-corrected chi connectivity index (χ4v) is 4.59. The van der Waals surface area contributed by atoms with Crippen LogP contribution in [0, 0.1) is 20.8 Å². The van der Waals surface area contributed by atoms with Crippen molar-refractivity contribution in [3.63, 3.8) is 0 Å². The summed E-state index contributed by atoms with van der Waals surface area (Å²) in [7, 11) is 0. The maximum absolute atomic E-state index is 6.33. The van der Waals surface area contributed by atoms with Crippen molar-refractivity contribution in [2.24, 2.45) is 0 Å². The van der Waals surface area contributed by atoms with Gasteiger partial charge in [0.15, 0.2) is 0 Å². The molecule has 0 atom stereocenters. The van der Waals surface area contributed by atoms with E-state index in [1.807, 2.05) is 42.5 Å². The lowest BCUT2D eigenvalue weighted by atomic mass is 10.0. The van der Waals surface area contributed by atoms with Gasteiger partial charge in [0.25, 0.3) is 0 Å². The van der Waals surface area contributed by atoms with E-state index in [0.29, 0.717) is 0 Å². The van der Waals surface area contributed by atoms with E-state index in [-0.39, 0.29) is 0 Å². The SMILES string of the molecule is Cc1cc(C)c(Nc2cc(Oc3ccccc3)cc(N(c3ccccc3)c3ccccc3)c2)c(C)c1. The van der Waals surface area contributed by atoms with Gasteiger partial charge in [0.2, 0.25) is 0 Å². The average Bonchev–Trinajstić information content (AvgIpc) is 2.88. The molecule has 0 aliphatic heterocycles. The lowest BCUT2D eigenvalue weighted by Crippen LogP contribution is -2.10. The van der Waals surface area contributed by atoms with Crippen molar-refractivity contribution in [1.82, 2.24) is 0 Å². The second kappa shape index (κ2) is 10.4. The van der Waals surface area contributed by atoms with Gasteiger partial charge in [-0.2, -0.15) is 0 Å². The van der Waals surface area contributed by atoms with Crippen LogP contribution in [-0.4, -0.2) is 0 Å². The number of nitrogens with zero attached hydrogens (tertiary/aromatic N) is 1. The Morgan fingerprint density at radius 2 is 1.06 bits per heavy atom. The number of para-hydroxylation sites is 3. The molecule has 0 saturated heterocycles. The van der Waals surface area contributed by atoms with Gasteiger partial charge in [-0.25, -0.2) is 0 Å². The summed E-state index contributed by atoms with van der Waals surface area (Å²) < 4.78 is 6.33. The summed E-state index contributed by atoms with van der Waals surface area (Å²) in [6.45, 7) is 6.43.